The van der Waals surface area contributed by atoms with Gasteiger partial charge >= 0.3 is 0 Å². The van der Waals surface area contributed by atoms with E-state index >= 15 is 0 Å². The summed E-state index contributed by atoms with van der Waals surface area (Å²) in [6.07, 6.45) is 0. The Bertz CT molecular complexity index is 768. The van der Waals surface area contributed by atoms with Crippen molar-refractivity contribution in [2.24, 2.45) is 5.84 Å². The van der Waals surface area contributed by atoms with E-state index in [-0.39, 0.29) is 6.04 Å². The van der Waals surface area contributed by atoms with Gasteiger partial charge in [0.15, 0.2) is 0 Å². The molecule has 0 aliphatic heterocycles. The number of fused-ring (bicyclic) bond motifs is 1. The number of nitrogens with one attached hydrogen (secondary N) is 1. The maximum Gasteiger partial charge on any atom is 0.0711 e. The fourth-order valence-electron chi connectivity index (χ4n) is 2.51. The van der Waals surface area contributed by atoms with Gasteiger partial charge in [-0.05, 0) is 46.2 Å². The molecule has 1 unspecified atom stereocenters. The molecule has 0 saturated heterocycles. The summed E-state index contributed by atoms with van der Waals surface area (Å²) in [6.45, 7) is 0. The summed E-state index contributed by atoms with van der Waals surface area (Å²) in [5.74, 6) is 5.77. The number of rotatable bonds is 3. The zero-order valence-corrected chi connectivity index (χ0v) is 13.5. The van der Waals surface area contributed by atoms with Crippen LogP contribution in [-0.4, -0.2) is 0 Å². The molecule has 0 bridgehead atoms. The van der Waals surface area contributed by atoms with Crippen molar-refractivity contribution in [3.63, 3.8) is 0 Å². The van der Waals surface area contributed by atoms with E-state index in [0.29, 0.717) is 5.02 Å². The Hall–Kier alpha value is -1.39. The summed E-state index contributed by atoms with van der Waals surface area (Å²) in [5.41, 5.74) is 5.00. The van der Waals surface area contributed by atoms with Gasteiger partial charge in [-0.15, -0.1) is 0 Å². The number of halogens is 2. The van der Waals surface area contributed by atoms with Crippen LogP contribution < -0.4 is 11.3 Å². The lowest BCUT2D eigenvalue weighted by molar-refractivity contribution is 0.637. The van der Waals surface area contributed by atoms with E-state index in [1.165, 1.54) is 10.8 Å². The number of hydrogen-bond donors (Lipinski definition) is 2. The lowest BCUT2D eigenvalue weighted by Crippen LogP contribution is -2.28. The van der Waals surface area contributed by atoms with Crippen LogP contribution in [-0.2, 0) is 0 Å². The average Bonchev–Trinajstić information content (AvgIpc) is 2.47. The summed E-state index contributed by atoms with van der Waals surface area (Å²) < 4.78 is 0.936. The van der Waals surface area contributed by atoms with Crippen molar-refractivity contribution in [3.8, 4) is 0 Å². The summed E-state index contributed by atoms with van der Waals surface area (Å²) >= 11 is 9.60. The lowest BCUT2D eigenvalue weighted by atomic mass is 9.97. The van der Waals surface area contributed by atoms with Gasteiger partial charge in [0.2, 0.25) is 0 Å². The van der Waals surface area contributed by atoms with Gasteiger partial charge in [-0.3, -0.25) is 5.84 Å². The van der Waals surface area contributed by atoms with E-state index in [2.05, 4.69) is 51.7 Å². The van der Waals surface area contributed by atoms with Crippen molar-refractivity contribution in [1.29, 1.82) is 0 Å². The molecule has 21 heavy (non-hydrogen) atoms. The molecule has 1 atom stereocenters. The second kappa shape index (κ2) is 6.16. The molecule has 3 N–H and O–H groups in total. The Morgan fingerprint density at radius 2 is 1.67 bits per heavy atom. The first kappa shape index (κ1) is 14.5. The average molecular weight is 362 g/mol. The summed E-state index contributed by atoms with van der Waals surface area (Å²) in [6, 6.07) is 20.3. The number of hydrazine groups is 1. The topological polar surface area (TPSA) is 38.0 Å². The number of nitrogens with two attached hydrogens (primary N) is 1. The normalized spacial score (nSPS) is 12.5. The van der Waals surface area contributed by atoms with Crippen molar-refractivity contribution in [2.75, 3.05) is 0 Å². The standard InChI is InChI=1S/C17H14BrClN2/c18-15-8-14(9-16(19)10-15)17(21-20)13-6-5-11-3-1-2-4-12(11)7-13/h1-10,17,21H,20H2. The highest BCUT2D eigenvalue weighted by Gasteiger charge is 2.14. The number of benzene rings is 3. The molecule has 0 aromatic heterocycles. The minimum atomic E-state index is -0.107. The zero-order valence-electron chi connectivity index (χ0n) is 11.2. The van der Waals surface area contributed by atoms with E-state index in [1.54, 1.807) is 0 Å². The molecule has 3 rings (SSSR count). The van der Waals surface area contributed by atoms with E-state index in [1.807, 2.05) is 30.3 Å². The zero-order chi connectivity index (χ0) is 14.8. The summed E-state index contributed by atoms with van der Waals surface area (Å²) in [7, 11) is 0. The third-order valence-corrected chi connectivity index (χ3v) is 4.17. The second-order valence-electron chi connectivity index (χ2n) is 4.91. The highest BCUT2D eigenvalue weighted by molar-refractivity contribution is 9.10. The van der Waals surface area contributed by atoms with Gasteiger partial charge in [-0.2, -0.15) is 0 Å². The van der Waals surface area contributed by atoms with Gasteiger partial charge in [0, 0.05) is 9.50 Å². The third-order valence-electron chi connectivity index (χ3n) is 3.49. The van der Waals surface area contributed by atoms with Gasteiger partial charge in [0.05, 0.1) is 6.04 Å². The van der Waals surface area contributed by atoms with Crippen LogP contribution in [0.5, 0.6) is 0 Å². The Kier molecular flexibility index (Phi) is 4.27. The molecule has 106 valence electrons. The Labute approximate surface area is 137 Å². The molecule has 0 fully saturated rings. The van der Waals surface area contributed by atoms with E-state index < -0.39 is 0 Å². The van der Waals surface area contributed by atoms with E-state index in [9.17, 15) is 0 Å². The Morgan fingerprint density at radius 1 is 0.905 bits per heavy atom. The minimum absolute atomic E-state index is 0.107. The molecule has 3 aromatic carbocycles. The van der Waals surface area contributed by atoms with Crippen LogP contribution in [0.1, 0.15) is 17.2 Å². The molecule has 0 spiro atoms. The molecule has 0 aliphatic rings. The van der Waals surface area contributed by atoms with Gasteiger partial charge in [-0.1, -0.05) is 63.9 Å². The molecule has 2 nitrogen and oxygen atoms in total. The quantitative estimate of drug-likeness (QED) is 0.519. The summed E-state index contributed by atoms with van der Waals surface area (Å²) in [5, 5.41) is 3.08. The third kappa shape index (κ3) is 3.11. The first-order valence-corrected chi connectivity index (χ1v) is 7.75. The van der Waals surface area contributed by atoms with Crippen molar-refractivity contribution in [3.05, 3.63) is 81.3 Å². The van der Waals surface area contributed by atoms with Gasteiger partial charge in [-0.25, -0.2) is 5.43 Å². The molecule has 0 saturated carbocycles. The monoisotopic (exact) mass is 360 g/mol. The van der Waals surface area contributed by atoms with Crippen LogP contribution in [0.3, 0.4) is 0 Å². The van der Waals surface area contributed by atoms with Crippen molar-refractivity contribution >= 4 is 38.3 Å². The van der Waals surface area contributed by atoms with Gasteiger partial charge in [0.25, 0.3) is 0 Å². The van der Waals surface area contributed by atoms with Crippen LogP contribution in [0.25, 0.3) is 10.8 Å². The van der Waals surface area contributed by atoms with Gasteiger partial charge in [0.1, 0.15) is 0 Å². The van der Waals surface area contributed by atoms with Crippen LogP contribution >= 0.6 is 27.5 Å². The predicted molar refractivity (Wildman–Crippen MR) is 92.3 cm³/mol. The van der Waals surface area contributed by atoms with Crippen LogP contribution in [0, 0.1) is 0 Å². The molecule has 0 amide bonds. The summed E-state index contributed by atoms with van der Waals surface area (Å²) in [4.78, 5) is 0. The second-order valence-corrected chi connectivity index (χ2v) is 6.26. The van der Waals surface area contributed by atoms with Crippen molar-refractivity contribution < 1.29 is 0 Å². The first-order valence-electron chi connectivity index (χ1n) is 6.58. The lowest BCUT2D eigenvalue weighted by Gasteiger charge is -2.18. The Morgan fingerprint density at radius 3 is 2.38 bits per heavy atom. The molecule has 0 radical (unpaired) electrons. The fraction of sp³-hybridized carbons (Fsp3) is 0.0588. The molecule has 0 aliphatic carbocycles. The van der Waals surface area contributed by atoms with Gasteiger partial charge < -0.3 is 0 Å². The fourth-order valence-corrected chi connectivity index (χ4v) is 3.40. The number of hydrogen-bond acceptors (Lipinski definition) is 2. The van der Waals surface area contributed by atoms with Crippen molar-refractivity contribution in [1.82, 2.24) is 5.43 Å². The van der Waals surface area contributed by atoms with E-state index in [4.69, 9.17) is 17.4 Å². The molecular weight excluding hydrogens is 348 g/mol. The maximum atomic E-state index is 6.14. The van der Waals surface area contributed by atoms with E-state index in [0.717, 1.165) is 15.6 Å². The molecule has 3 aromatic rings. The highest BCUT2D eigenvalue weighted by Crippen LogP contribution is 2.29. The molecular formula is C17H14BrClN2. The first-order chi connectivity index (χ1) is 10.2. The predicted octanol–water partition coefficient (Wildman–Crippen LogP) is 4.81. The highest BCUT2D eigenvalue weighted by atomic mass is 79.9. The van der Waals surface area contributed by atoms with Crippen LogP contribution in [0.4, 0.5) is 0 Å². The van der Waals surface area contributed by atoms with Crippen molar-refractivity contribution in [2.45, 2.75) is 6.04 Å². The largest absolute Gasteiger partial charge is 0.271 e. The van der Waals surface area contributed by atoms with Crippen LogP contribution in [0.15, 0.2) is 65.1 Å². The Balaban J connectivity index is 2.08. The minimum Gasteiger partial charge on any atom is -0.271 e. The smallest absolute Gasteiger partial charge is 0.0711 e. The van der Waals surface area contributed by atoms with Crippen LogP contribution in [0.2, 0.25) is 5.02 Å². The molecule has 0 heterocycles. The SMILES string of the molecule is NNC(c1cc(Cl)cc(Br)c1)c1ccc2ccccc2c1. The molecule has 4 heteroatoms. The maximum absolute atomic E-state index is 6.14.